The largest absolute Gasteiger partial charge is 0.457 e. The molecular weight excluding hydrogens is 487 g/mol. The number of primary amides is 2. The molecule has 1 fully saturated rings. The maximum Gasteiger partial charge on any atom is 0.426 e. The minimum absolute atomic E-state index is 0.392. The number of carbonyl (C=O) groups excluding carboxylic acids is 2. The first-order valence-corrected chi connectivity index (χ1v) is 10.6. The van der Waals surface area contributed by atoms with Crippen LogP contribution in [0.4, 0.5) is 18.0 Å². The van der Waals surface area contributed by atoms with Crippen molar-refractivity contribution in [3.8, 4) is 17.6 Å². The number of benzene rings is 2. The van der Waals surface area contributed by atoms with Gasteiger partial charge in [-0.25, -0.2) is 4.79 Å². The lowest BCUT2D eigenvalue weighted by Gasteiger charge is -2.13. The summed E-state index contributed by atoms with van der Waals surface area (Å²) in [7, 11) is 0. The molecule has 3 rings (SSSR count). The molecule has 11 heteroatoms. The monoisotopic (exact) mass is 509 g/mol. The zero-order valence-corrected chi connectivity index (χ0v) is 19.5. The lowest BCUT2D eigenvalue weighted by molar-refractivity contribution is -0.149. The Morgan fingerprint density at radius 1 is 1.11 bits per heavy atom. The van der Waals surface area contributed by atoms with Gasteiger partial charge in [0.1, 0.15) is 22.6 Å². The van der Waals surface area contributed by atoms with Crippen LogP contribution >= 0.6 is 11.6 Å². The summed E-state index contributed by atoms with van der Waals surface area (Å²) in [6.07, 6.45) is -5.07. The predicted octanol–water partition coefficient (Wildman–Crippen LogP) is 5.57. The molecule has 7 nitrogen and oxygen atoms in total. The van der Waals surface area contributed by atoms with Crippen LogP contribution < -0.4 is 16.2 Å². The Labute approximate surface area is 205 Å². The molecule has 4 N–H and O–H groups in total. The summed E-state index contributed by atoms with van der Waals surface area (Å²) < 4.78 is 49.2. The van der Waals surface area contributed by atoms with E-state index in [4.69, 9.17) is 25.9 Å². The van der Waals surface area contributed by atoms with Crippen molar-refractivity contribution in [3.63, 3.8) is 0 Å². The molecule has 1 aliphatic rings. The van der Waals surface area contributed by atoms with Crippen LogP contribution in [-0.4, -0.2) is 18.2 Å². The average Bonchev–Trinajstić information content (AvgIpc) is 3.31. The number of allylic oxidation sites excluding steroid dienone is 2. The predicted molar refractivity (Wildman–Crippen MR) is 122 cm³/mol. The first-order valence-electron chi connectivity index (χ1n) is 10.2. The number of amides is 2. The number of hydrogen-bond acceptors (Lipinski definition) is 5. The molecule has 0 aromatic heterocycles. The number of para-hydroxylation sites is 1. The van der Waals surface area contributed by atoms with E-state index in [0.717, 1.165) is 6.08 Å². The summed E-state index contributed by atoms with van der Waals surface area (Å²) in [5, 5.41) is 8.23. The van der Waals surface area contributed by atoms with Gasteiger partial charge in [-0.2, -0.15) is 18.4 Å². The second-order valence-electron chi connectivity index (χ2n) is 8.17. The SMILES string of the molecule is CC1(C)C(C=C(Cl)C(F)(F)F)C1C(=O)OC(C#N)c1cccc(Oc2ccccc2)c1.NC(N)=O. The Kier molecular flexibility index (Phi) is 8.77. The summed E-state index contributed by atoms with van der Waals surface area (Å²) in [6.45, 7) is 3.30. The molecule has 0 spiro atoms. The maximum atomic E-state index is 12.7. The number of halogens is 4. The second-order valence-corrected chi connectivity index (χ2v) is 8.58. The fourth-order valence-electron chi connectivity index (χ4n) is 3.42. The highest BCUT2D eigenvalue weighted by atomic mass is 35.5. The molecule has 3 unspecified atom stereocenters. The summed E-state index contributed by atoms with van der Waals surface area (Å²) >= 11 is 5.32. The van der Waals surface area contributed by atoms with Crippen LogP contribution in [0.5, 0.6) is 11.5 Å². The van der Waals surface area contributed by atoms with Gasteiger partial charge in [0, 0.05) is 5.56 Å². The third-order valence-corrected chi connectivity index (χ3v) is 5.59. The number of alkyl halides is 3. The van der Waals surface area contributed by atoms with E-state index in [9.17, 15) is 23.2 Å². The Hall–Kier alpha value is -3.71. The molecule has 2 aromatic rings. The number of nitrogens with zero attached hydrogens (tertiary/aromatic N) is 1. The summed E-state index contributed by atoms with van der Waals surface area (Å²) in [4.78, 5) is 21.6. The minimum atomic E-state index is -4.68. The average molecular weight is 510 g/mol. The topological polar surface area (TPSA) is 128 Å². The minimum Gasteiger partial charge on any atom is -0.457 e. The van der Waals surface area contributed by atoms with Crippen molar-refractivity contribution in [1.29, 1.82) is 5.26 Å². The third-order valence-electron chi connectivity index (χ3n) is 5.25. The van der Waals surface area contributed by atoms with E-state index in [1.165, 1.54) is 0 Å². The van der Waals surface area contributed by atoms with E-state index in [0.29, 0.717) is 17.1 Å². The van der Waals surface area contributed by atoms with Gasteiger partial charge in [-0.1, -0.05) is 61.9 Å². The van der Waals surface area contributed by atoms with Crippen LogP contribution in [-0.2, 0) is 9.53 Å². The van der Waals surface area contributed by atoms with Crippen LogP contribution in [0.1, 0.15) is 25.5 Å². The molecule has 1 saturated carbocycles. The highest BCUT2D eigenvalue weighted by molar-refractivity contribution is 6.30. The molecule has 0 bridgehead atoms. The van der Waals surface area contributed by atoms with Crippen LogP contribution in [0, 0.1) is 28.6 Å². The normalized spacial score (nSPS) is 19.3. The Bertz CT molecular complexity index is 1130. The summed E-state index contributed by atoms with van der Waals surface area (Å²) in [6, 6.07) is 16.6. The van der Waals surface area contributed by atoms with E-state index in [-0.39, 0.29) is 0 Å². The highest BCUT2D eigenvalue weighted by Gasteiger charge is 2.62. The van der Waals surface area contributed by atoms with Crippen LogP contribution in [0.3, 0.4) is 0 Å². The maximum absolute atomic E-state index is 12.7. The number of urea groups is 1. The quantitative estimate of drug-likeness (QED) is 0.492. The lowest BCUT2D eigenvalue weighted by Crippen LogP contribution is -2.18. The van der Waals surface area contributed by atoms with Crippen molar-refractivity contribution >= 4 is 23.6 Å². The third kappa shape index (κ3) is 7.65. The van der Waals surface area contributed by atoms with Gasteiger partial charge in [-0.15, -0.1) is 0 Å². The van der Waals surface area contributed by atoms with E-state index < -0.39 is 46.6 Å². The molecule has 2 aromatic carbocycles. The molecule has 35 heavy (non-hydrogen) atoms. The molecular formula is C24H23ClF3N3O4. The zero-order valence-electron chi connectivity index (χ0n) is 18.8. The van der Waals surface area contributed by atoms with Gasteiger partial charge >= 0.3 is 18.2 Å². The van der Waals surface area contributed by atoms with Gasteiger partial charge in [0.25, 0.3) is 0 Å². The fourth-order valence-corrected chi connectivity index (χ4v) is 3.55. The molecule has 3 atom stereocenters. The van der Waals surface area contributed by atoms with Gasteiger partial charge in [-0.05, 0) is 35.6 Å². The second kappa shape index (κ2) is 11.1. The van der Waals surface area contributed by atoms with E-state index in [1.807, 2.05) is 24.3 Å². The first-order chi connectivity index (χ1) is 16.3. The van der Waals surface area contributed by atoms with E-state index in [1.54, 1.807) is 50.2 Å². The first kappa shape index (κ1) is 27.5. The molecule has 186 valence electrons. The van der Waals surface area contributed by atoms with E-state index >= 15 is 0 Å². The van der Waals surface area contributed by atoms with Gasteiger partial charge < -0.3 is 20.9 Å². The van der Waals surface area contributed by atoms with Crippen LogP contribution in [0.15, 0.2) is 65.7 Å². The molecule has 2 amide bonds. The molecule has 0 heterocycles. The van der Waals surface area contributed by atoms with Gasteiger partial charge in [-0.3, -0.25) is 4.79 Å². The van der Waals surface area contributed by atoms with Crippen molar-refractivity contribution in [2.75, 3.05) is 0 Å². The van der Waals surface area contributed by atoms with Gasteiger partial charge in [0.15, 0.2) is 0 Å². The molecule has 0 aliphatic heterocycles. The van der Waals surface area contributed by atoms with Crippen molar-refractivity contribution in [2.24, 2.45) is 28.7 Å². The lowest BCUT2D eigenvalue weighted by atomic mass is 10.1. The van der Waals surface area contributed by atoms with Gasteiger partial charge in [0.2, 0.25) is 6.10 Å². The van der Waals surface area contributed by atoms with Crippen molar-refractivity contribution < 1.29 is 32.2 Å². The fraction of sp³-hybridized carbons (Fsp3) is 0.292. The number of rotatable bonds is 6. The van der Waals surface area contributed by atoms with Crippen molar-refractivity contribution in [2.45, 2.75) is 26.1 Å². The number of carbonyl (C=O) groups is 2. The standard InChI is InChI=1S/C23H19ClF3NO3.CH4N2O/c1-22(2)17(12-19(24)23(25,26)27)20(22)21(29)31-18(13-28)14-7-6-10-16(11-14)30-15-8-4-3-5-9-15;2-1(3)4/h3-12,17-18,20H,1-2H3;(H4,2,3,4). The summed E-state index contributed by atoms with van der Waals surface area (Å²) in [5.41, 5.74) is 8.13. The molecule has 0 saturated heterocycles. The number of ether oxygens (including phenoxy) is 2. The smallest absolute Gasteiger partial charge is 0.426 e. The highest BCUT2D eigenvalue weighted by Crippen LogP contribution is 2.60. The van der Waals surface area contributed by atoms with Crippen LogP contribution in [0.2, 0.25) is 0 Å². The van der Waals surface area contributed by atoms with Crippen molar-refractivity contribution in [3.05, 3.63) is 71.3 Å². The number of hydrogen-bond donors (Lipinski definition) is 2. The Morgan fingerprint density at radius 3 is 2.23 bits per heavy atom. The Morgan fingerprint density at radius 2 is 1.69 bits per heavy atom. The Balaban J connectivity index is 0.00000100. The van der Waals surface area contributed by atoms with Gasteiger partial charge in [0.05, 0.1) is 5.92 Å². The van der Waals surface area contributed by atoms with Crippen molar-refractivity contribution in [1.82, 2.24) is 0 Å². The van der Waals surface area contributed by atoms with Crippen LogP contribution in [0.25, 0.3) is 0 Å². The molecule has 0 radical (unpaired) electrons. The zero-order chi connectivity index (χ0) is 26.4. The number of nitrogens with two attached hydrogens (primary N) is 2. The number of esters is 1. The van der Waals surface area contributed by atoms with E-state index in [2.05, 4.69) is 11.5 Å². The number of nitriles is 1. The summed E-state index contributed by atoms with van der Waals surface area (Å²) in [5.74, 6) is -1.27. The molecule has 1 aliphatic carbocycles.